The third-order valence-corrected chi connectivity index (χ3v) is 6.14. The quantitative estimate of drug-likeness (QED) is 0.607. The van der Waals surface area contributed by atoms with Crippen LogP contribution in [0.2, 0.25) is 5.02 Å². The predicted molar refractivity (Wildman–Crippen MR) is 112 cm³/mol. The van der Waals surface area contributed by atoms with Gasteiger partial charge in [-0.15, -0.1) is 11.3 Å². The second-order valence-corrected chi connectivity index (χ2v) is 7.65. The van der Waals surface area contributed by atoms with Crippen LogP contribution in [0.25, 0.3) is 20.2 Å². The molecule has 0 aliphatic carbocycles. The van der Waals surface area contributed by atoms with Crippen molar-refractivity contribution < 1.29 is 0 Å². The van der Waals surface area contributed by atoms with Crippen molar-refractivity contribution in [1.82, 2.24) is 4.90 Å². The van der Waals surface area contributed by atoms with Crippen molar-refractivity contribution in [3.63, 3.8) is 0 Å². The molecule has 1 aromatic heterocycles. The Morgan fingerprint density at radius 1 is 1.16 bits per heavy atom. The van der Waals surface area contributed by atoms with Gasteiger partial charge in [-0.1, -0.05) is 31.5 Å². The van der Waals surface area contributed by atoms with E-state index in [9.17, 15) is 4.79 Å². The maximum Gasteiger partial charge on any atom is 0.197 e. The highest BCUT2D eigenvalue weighted by Gasteiger charge is 2.12. The standard InChI is InChI=1S/C20H23ClN2OS/c1-4-23(5-2)11-10-22-16-9-6-13(3)20-18(16)19(24)15-8-7-14(21)12-17(15)25-20/h6-9,12,22H,4-5,10-11H2,1-3H3. The predicted octanol–water partition coefficient (Wildman–Crippen LogP) is 5.13. The number of aryl methyl sites for hydroxylation is 1. The molecule has 3 rings (SSSR count). The van der Waals surface area contributed by atoms with Gasteiger partial charge in [-0.05, 0) is 49.8 Å². The van der Waals surface area contributed by atoms with Crippen LogP contribution in [-0.4, -0.2) is 31.1 Å². The average molecular weight is 375 g/mol. The summed E-state index contributed by atoms with van der Waals surface area (Å²) < 4.78 is 1.97. The van der Waals surface area contributed by atoms with E-state index in [0.717, 1.165) is 57.6 Å². The topological polar surface area (TPSA) is 32.3 Å². The summed E-state index contributed by atoms with van der Waals surface area (Å²) in [6.45, 7) is 10.2. The van der Waals surface area contributed by atoms with E-state index in [0.29, 0.717) is 5.02 Å². The highest BCUT2D eigenvalue weighted by Crippen LogP contribution is 2.32. The Bertz CT molecular complexity index is 963. The number of likely N-dealkylation sites (N-methyl/N-ethyl adjacent to an activating group) is 1. The van der Waals surface area contributed by atoms with Crippen LogP contribution in [-0.2, 0) is 0 Å². The fourth-order valence-corrected chi connectivity index (χ4v) is 4.54. The number of halogens is 1. The van der Waals surface area contributed by atoms with Gasteiger partial charge in [0.2, 0.25) is 0 Å². The number of anilines is 1. The minimum Gasteiger partial charge on any atom is -0.383 e. The fourth-order valence-electron chi connectivity index (χ4n) is 3.09. The molecular weight excluding hydrogens is 352 g/mol. The van der Waals surface area contributed by atoms with E-state index in [4.69, 9.17) is 11.6 Å². The Balaban J connectivity index is 2.06. The summed E-state index contributed by atoms with van der Waals surface area (Å²) in [7, 11) is 0. The molecule has 3 nitrogen and oxygen atoms in total. The molecule has 0 spiro atoms. The van der Waals surface area contributed by atoms with Crippen molar-refractivity contribution in [3.8, 4) is 0 Å². The first-order valence-corrected chi connectivity index (χ1v) is 9.86. The van der Waals surface area contributed by atoms with E-state index in [1.807, 2.05) is 25.1 Å². The lowest BCUT2D eigenvalue weighted by molar-refractivity contribution is 0.316. The maximum atomic E-state index is 13.1. The third kappa shape index (κ3) is 3.66. The number of rotatable bonds is 6. The third-order valence-electron chi connectivity index (χ3n) is 4.62. The summed E-state index contributed by atoms with van der Waals surface area (Å²) in [5.41, 5.74) is 2.12. The van der Waals surface area contributed by atoms with Crippen molar-refractivity contribution in [2.75, 3.05) is 31.5 Å². The van der Waals surface area contributed by atoms with E-state index in [2.05, 4.69) is 30.1 Å². The molecule has 0 bridgehead atoms. The molecule has 0 amide bonds. The van der Waals surface area contributed by atoms with Gasteiger partial charge < -0.3 is 10.2 Å². The first-order valence-electron chi connectivity index (χ1n) is 8.67. The second-order valence-electron chi connectivity index (χ2n) is 6.16. The summed E-state index contributed by atoms with van der Waals surface area (Å²) in [4.78, 5) is 15.5. The number of nitrogens with zero attached hydrogens (tertiary/aromatic N) is 1. The van der Waals surface area contributed by atoms with Gasteiger partial charge in [-0.25, -0.2) is 0 Å². The lowest BCUT2D eigenvalue weighted by Crippen LogP contribution is -2.28. The van der Waals surface area contributed by atoms with Crippen LogP contribution >= 0.6 is 22.9 Å². The molecule has 2 aromatic carbocycles. The molecule has 1 heterocycles. The molecule has 0 unspecified atom stereocenters. The van der Waals surface area contributed by atoms with E-state index in [-0.39, 0.29) is 5.43 Å². The van der Waals surface area contributed by atoms with Crippen molar-refractivity contribution in [3.05, 3.63) is 51.1 Å². The van der Waals surface area contributed by atoms with Crippen LogP contribution in [0.3, 0.4) is 0 Å². The molecule has 1 N–H and O–H groups in total. The Kier molecular flexibility index (Phi) is 5.62. The summed E-state index contributed by atoms with van der Waals surface area (Å²) >= 11 is 7.74. The molecule has 0 atom stereocenters. The molecular formula is C20H23ClN2OS. The molecule has 0 aliphatic heterocycles. The van der Waals surface area contributed by atoms with E-state index in [1.165, 1.54) is 0 Å². The van der Waals surface area contributed by atoms with Gasteiger partial charge in [0.25, 0.3) is 0 Å². The van der Waals surface area contributed by atoms with Crippen molar-refractivity contribution >= 4 is 48.8 Å². The smallest absolute Gasteiger partial charge is 0.197 e. The molecule has 25 heavy (non-hydrogen) atoms. The zero-order valence-electron chi connectivity index (χ0n) is 14.9. The Labute approximate surface area is 157 Å². The van der Waals surface area contributed by atoms with Crippen LogP contribution in [0.1, 0.15) is 19.4 Å². The van der Waals surface area contributed by atoms with Gasteiger partial charge in [0.05, 0.1) is 5.39 Å². The van der Waals surface area contributed by atoms with Gasteiger partial charge in [-0.3, -0.25) is 4.79 Å². The summed E-state index contributed by atoms with van der Waals surface area (Å²) in [5, 5.41) is 5.66. The Morgan fingerprint density at radius 2 is 1.92 bits per heavy atom. The number of hydrogen-bond acceptors (Lipinski definition) is 4. The van der Waals surface area contributed by atoms with E-state index >= 15 is 0 Å². The molecule has 0 aliphatic rings. The van der Waals surface area contributed by atoms with Crippen LogP contribution in [0, 0.1) is 6.92 Å². The SMILES string of the molecule is CCN(CC)CCNc1ccc(C)c2sc3cc(Cl)ccc3c(=O)c12. The molecule has 0 saturated heterocycles. The number of nitrogens with one attached hydrogen (secondary N) is 1. The van der Waals surface area contributed by atoms with Crippen LogP contribution in [0.4, 0.5) is 5.69 Å². The fraction of sp³-hybridized carbons (Fsp3) is 0.350. The lowest BCUT2D eigenvalue weighted by atomic mass is 10.1. The molecule has 3 aromatic rings. The molecule has 0 radical (unpaired) electrons. The monoisotopic (exact) mass is 374 g/mol. The summed E-state index contributed by atoms with van der Waals surface area (Å²) in [5.74, 6) is 0. The minimum absolute atomic E-state index is 0.0782. The number of benzene rings is 2. The first kappa shape index (κ1) is 18.2. The molecule has 5 heteroatoms. The van der Waals surface area contributed by atoms with Crippen molar-refractivity contribution in [2.45, 2.75) is 20.8 Å². The largest absolute Gasteiger partial charge is 0.383 e. The summed E-state index contributed by atoms with van der Waals surface area (Å²) in [6, 6.07) is 9.59. The van der Waals surface area contributed by atoms with Crippen LogP contribution in [0.15, 0.2) is 35.1 Å². The highest BCUT2D eigenvalue weighted by atomic mass is 35.5. The van der Waals surface area contributed by atoms with Crippen LogP contribution < -0.4 is 10.7 Å². The van der Waals surface area contributed by atoms with Gasteiger partial charge in [0, 0.05) is 38.6 Å². The molecule has 0 saturated carbocycles. The number of hydrogen-bond donors (Lipinski definition) is 1. The van der Waals surface area contributed by atoms with Crippen molar-refractivity contribution in [1.29, 1.82) is 0 Å². The van der Waals surface area contributed by atoms with E-state index in [1.54, 1.807) is 17.4 Å². The normalized spacial score (nSPS) is 11.6. The maximum absolute atomic E-state index is 13.1. The number of fused-ring (bicyclic) bond motifs is 2. The Morgan fingerprint density at radius 3 is 2.64 bits per heavy atom. The van der Waals surface area contributed by atoms with Gasteiger partial charge >= 0.3 is 0 Å². The minimum atomic E-state index is 0.0782. The average Bonchev–Trinajstić information content (AvgIpc) is 2.60. The van der Waals surface area contributed by atoms with Gasteiger partial charge in [0.15, 0.2) is 5.43 Å². The zero-order valence-corrected chi connectivity index (χ0v) is 16.4. The molecule has 132 valence electrons. The highest BCUT2D eigenvalue weighted by molar-refractivity contribution is 7.24. The zero-order chi connectivity index (χ0) is 18.0. The van der Waals surface area contributed by atoms with Gasteiger partial charge in [0.1, 0.15) is 0 Å². The first-order chi connectivity index (χ1) is 12.0. The second kappa shape index (κ2) is 7.73. The Hall–Kier alpha value is -1.62. The lowest BCUT2D eigenvalue weighted by Gasteiger charge is -2.19. The molecule has 0 fully saturated rings. The van der Waals surface area contributed by atoms with Gasteiger partial charge in [-0.2, -0.15) is 0 Å². The van der Waals surface area contributed by atoms with E-state index < -0.39 is 0 Å². The summed E-state index contributed by atoms with van der Waals surface area (Å²) in [6.07, 6.45) is 0. The van der Waals surface area contributed by atoms with Crippen molar-refractivity contribution in [2.24, 2.45) is 0 Å². The van der Waals surface area contributed by atoms with Crippen LogP contribution in [0.5, 0.6) is 0 Å².